The van der Waals surface area contributed by atoms with Crippen LogP contribution in [0, 0.1) is 19.7 Å². The van der Waals surface area contributed by atoms with E-state index in [4.69, 9.17) is 9.26 Å². The Morgan fingerprint density at radius 2 is 1.97 bits per heavy atom. The van der Waals surface area contributed by atoms with Gasteiger partial charge in [-0.25, -0.2) is 18.7 Å². The van der Waals surface area contributed by atoms with Crippen molar-refractivity contribution >= 4 is 38.8 Å². The summed E-state index contributed by atoms with van der Waals surface area (Å²) < 4.78 is 29.4. The fourth-order valence-electron chi connectivity index (χ4n) is 3.22. The van der Waals surface area contributed by atoms with Gasteiger partial charge in [-0.15, -0.1) is 10.7 Å². The quantitative estimate of drug-likeness (QED) is 0.434. The van der Waals surface area contributed by atoms with E-state index in [2.05, 4.69) is 37.3 Å². The van der Waals surface area contributed by atoms with Crippen molar-refractivity contribution in [3.63, 3.8) is 0 Å². The molecule has 0 fully saturated rings. The Labute approximate surface area is 181 Å². The molecule has 0 aliphatic rings. The zero-order chi connectivity index (χ0) is 22.0. The molecule has 0 saturated heterocycles. The van der Waals surface area contributed by atoms with Crippen LogP contribution in [0.1, 0.15) is 17.0 Å². The lowest BCUT2D eigenvalue weighted by atomic mass is 10.1. The van der Waals surface area contributed by atoms with E-state index in [1.165, 1.54) is 18.5 Å². The van der Waals surface area contributed by atoms with Crippen molar-refractivity contribution in [1.82, 2.24) is 15.1 Å². The normalized spacial score (nSPS) is 11.2. The van der Waals surface area contributed by atoms with Crippen molar-refractivity contribution in [2.24, 2.45) is 4.36 Å². The summed E-state index contributed by atoms with van der Waals surface area (Å²) in [5.74, 6) is 1.23. The van der Waals surface area contributed by atoms with Crippen molar-refractivity contribution in [3.8, 4) is 5.75 Å². The molecule has 2 heterocycles. The molecule has 9 heteroatoms. The van der Waals surface area contributed by atoms with Crippen LogP contribution in [0.3, 0.4) is 0 Å². The number of halogens is 1. The minimum Gasteiger partial charge on any atom is -0.485 e. The molecular weight excluding hydrogens is 417 g/mol. The number of aryl methyl sites for hydroxylation is 2. The molecule has 0 unspecified atom stereocenters. The number of hydrogen-bond donors (Lipinski definition) is 1. The third-order valence-corrected chi connectivity index (χ3v) is 5.03. The Bertz CT molecular complexity index is 1280. The summed E-state index contributed by atoms with van der Waals surface area (Å²) >= 11 is 0. The first-order chi connectivity index (χ1) is 14.9. The molecular formula is C22H22FN5O2S. The number of nitrogens with one attached hydrogen (secondary N) is 1. The highest BCUT2D eigenvalue weighted by Gasteiger charge is 2.13. The van der Waals surface area contributed by atoms with Crippen LogP contribution < -0.4 is 10.1 Å². The van der Waals surface area contributed by atoms with E-state index >= 15 is 0 Å². The molecule has 4 rings (SSSR count). The molecule has 1 N–H and O–H groups in total. The van der Waals surface area contributed by atoms with E-state index in [1.54, 1.807) is 19.1 Å². The number of anilines is 2. The summed E-state index contributed by atoms with van der Waals surface area (Å²) in [7, 11) is -0.0746. The highest BCUT2D eigenvalue weighted by atomic mass is 32.2. The minimum atomic E-state index is -0.401. The van der Waals surface area contributed by atoms with Gasteiger partial charge in [-0.2, -0.15) is 0 Å². The summed E-state index contributed by atoms with van der Waals surface area (Å²) in [5, 5.41) is 8.05. The molecule has 2 aromatic carbocycles. The lowest BCUT2D eigenvalue weighted by Crippen LogP contribution is -2.02. The molecule has 31 heavy (non-hydrogen) atoms. The third-order valence-electron chi connectivity index (χ3n) is 4.46. The molecule has 2 aromatic heterocycles. The van der Waals surface area contributed by atoms with Gasteiger partial charge in [-0.3, -0.25) is 0 Å². The second-order valence-electron chi connectivity index (χ2n) is 7.23. The second kappa shape index (κ2) is 8.81. The van der Waals surface area contributed by atoms with Gasteiger partial charge in [0, 0.05) is 17.5 Å². The van der Waals surface area contributed by atoms with Crippen molar-refractivity contribution < 1.29 is 13.7 Å². The topological polar surface area (TPSA) is 85.4 Å². The van der Waals surface area contributed by atoms with Crippen molar-refractivity contribution in [1.29, 1.82) is 0 Å². The Morgan fingerprint density at radius 3 is 2.71 bits per heavy atom. The van der Waals surface area contributed by atoms with Crippen molar-refractivity contribution in [2.45, 2.75) is 20.5 Å². The van der Waals surface area contributed by atoms with E-state index in [-0.39, 0.29) is 17.3 Å². The van der Waals surface area contributed by atoms with Gasteiger partial charge >= 0.3 is 0 Å². The number of nitrogens with zero attached hydrogens (tertiary/aromatic N) is 4. The lowest BCUT2D eigenvalue weighted by Gasteiger charge is -2.14. The molecule has 0 spiro atoms. The zero-order valence-corrected chi connectivity index (χ0v) is 18.5. The predicted octanol–water partition coefficient (Wildman–Crippen LogP) is 5.39. The van der Waals surface area contributed by atoms with Crippen LogP contribution in [-0.2, 0) is 17.3 Å². The molecule has 0 saturated carbocycles. The first-order valence-electron chi connectivity index (χ1n) is 9.55. The summed E-state index contributed by atoms with van der Waals surface area (Å²) in [6.07, 6.45) is 5.61. The SMILES string of the molecule is Cc1cc(COc2cc(F)ccc2Nc2ncnc3cc(N=S(C)C)cc(C)c23)no1. The van der Waals surface area contributed by atoms with Gasteiger partial charge in [0.2, 0.25) is 0 Å². The summed E-state index contributed by atoms with van der Waals surface area (Å²) in [6, 6.07) is 10.0. The molecule has 0 amide bonds. The van der Waals surface area contributed by atoms with E-state index < -0.39 is 5.82 Å². The van der Waals surface area contributed by atoms with E-state index in [0.29, 0.717) is 28.7 Å². The van der Waals surface area contributed by atoms with Gasteiger partial charge in [-0.05, 0) is 56.2 Å². The first-order valence-corrected chi connectivity index (χ1v) is 11.6. The number of hydrogen-bond acceptors (Lipinski definition) is 7. The monoisotopic (exact) mass is 439 g/mol. The zero-order valence-electron chi connectivity index (χ0n) is 17.6. The Hall–Kier alpha value is -3.33. The van der Waals surface area contributed by atoms with Gasteiger partial charge in [0.05, 0.1) is 16.9 Å². The van der Waals surface area contributed by atoms with Crippen molar-refractivity contribution in [2.75, 3.05) is 17.8 Å². The van der Waals surface area contributed by atoms with Crippen molar-refractivity contribution in [3.05, 3.63) is 65.6 Å². The molecule has 0 aliphatic heterocycles. The Balaban J connectivity index is 1.68. The van der Waals surface area contributed by atoms with Gasteiger partial charge in [0.25, 0.3) is 0 Å². The standard InChI is InChI=1S/C22H22FN5O2S/c1-13-7-16(28-31(3)4)10-19-21(13)22(25-12-24-19)26-18-6-5-15(23)9-20(18)29-11-17-8-14(2)30-27-17/h5-10,12H,11H2,1-4H3,(H,24,25,26). The number of ether oxygens (including phenoxy) is 1. The minimum absolute atomic E-state index is 0.0746. The molecule has 0 radical (unpaired) electrons. The van der Waals surface area contributed by atoms with Gasteiger partial charge in [0.1, 0.15) is 41.8 Å². The Morgan fingerprint density at radius 1 is 1.13 bits per heavy atom. The average Bonchev–Trinajstić information content (AvgIpc) is 3.12. The molecule has 7 nitrogen and oxygen atoms in total. The smallest absolute Gasteiger partial charge is 0.146 e. The highest BCUT2D eigenvalue weighted by molar-refractivity contribution is 7.85. The maximum atomic E-state index is 13.9. The van der Waals surface area contributed by atoms with Gasteiger partial charge < -0.3 is 14.6 Å². The number of fused-ring (bicyclic) bond motifs is 1. The number of benzene rings is 2. The Kier molecular flexibility index (Phi) is 5.94. The highest BCUT2D eigenvalue weighted by Crippen LogP contribution is 2.33. The van der Waals surface area contributed by atoms with Crippen LogP contribution >= 0.6 is 0 Å². The second-order valence-corrected chi connectivity index (χ2v) is 8.96. The lowest BCUT2D eigenvalue weighted by molar-refractivity contribution is 0.288. The first kappa shape index (κ1) is 20.9. The predicted molar refractivity (Wildman–Crippen MR) is 121 cm³/mol. The largest absolute Gasteiger partial charge is 0.485 e. The number of rotatable bonds is 6. The maximum absolute atomic E-state index is 13.9. The fraction of sp³-hybridized carbons (Fsp3) is 0.227. The molecule has 0 aliphatic carbocycles. The number of aromatic nitrogens is 3. The average molecular weight is 440 g/mol. The summed E-state index contributed by atoms with van der Waals surface area (Å²) in [6.45, 7) is 3.95. The molecule has 0 bridgehead atoms. The van der Waals surface area contributed by atoms with Crippen LogP contribution in [-0.4, -0.2) is 27.6 Å². The van der Waals surface area contributed by atoms with Gasteiger partial charge in [0.15, 0.2) is 0 Å². The maximum Gasteiger partial charge on any atom is 0.146 e. The van der Waals surface area contributed by atoms with Crippen LogP contribution in [0.4, 0.5) is 21.6 Å². The van der Waals surface area contributed by atoms with Gasteiger partial charge in [-0.1, -0.05) is 5.16 Å². The van der Waals surface area contributed by atoms with Crippen LogP contribution in [0.2, 0.25) is 0 Å². The van der Waals surface area contributed by atoms with Crippen LogP contribution in [0.25, 0.3) is 10.9 Å². The molecule has 0 atom stereocenters. The molecule has 160 valence electrons. The summed E-state index contributed by atoms with van der Waals surface area (Å²) in [4.78, 5) is 8.82. The summed E-state index contributed by atoms with van der Waals surface area (Å²) in [5.41, 5.74) is 3.87. The van der Waals surface area contributed by atoms with Crippen LogP contribution in [0.15, 0.2) is 51.6 Å². The van der Waals surface area contributed by atoms with E-state index in [9.17, 15) is 4.39 Å². The third kappa shape index (κ3) is 4.88. The van der Waals surface area contributed by atoms with E-state index in [1.807, 2.05) is 19.1 Å². The van der Waals surface area contributed by atoms with E-state index in [0.717, 1.165) is 22.2 Å². The fourth-order valence-corrected chi connectivity index (χ4v) is 3.74. The molecule has 4 aromatic rings. The van der Waals surface area contributed by atoms with Crippen LogP contribution in [0.5, 0.6) is 5.75 Å².